The molecule has 1 unspecified atom stereocenters. The van der Waals surface area contributed by atoms with E-state index < -0.39 is 17.2 Å². The Hall–Kier alpha value is -1.57. The lowest BCUT2D eigenvalue weighted by Crippen LogP contribution is -2.58. The van der Waals surface area contributed by atoms with Crippen LogP contribution in [0.5, 0.6) is 0 Å². The van der Waals surface area contributed by atoms with Crippen LogP contribution in [-0.4, -0.2) is 67.8 Å². The number of benzene rings is 1. The molecule has 1 spiro atoms. The molecule has 7 heteroatoms. The molecule has 0 aliphatic carbocycles. The highest BCUT2D eigenvalue weighted by Gasteiger charge is 2.41. The number of morpholine rings is 1. The first kappa shape index (κ1) is 16.3. The molecule has 1 aromatic rings. The van der Waals surface area contributed by atoms with Crippen LogP contribution >= 0.6 is 0 Å². The van der Waals surface area contributed by atoms with Gasteiger partial charge in [-0.25, -0.2) is 8.78 Å². The molecular formula is C16H20F2N2O3. The minimum absolute atomic E-state index is 0.0603. The number of ether oxygens (including phenoxy) is 2. The van der Waals surface area contributed by atoms with E-state index in [4.69, 9.17) is 9.47 Å². The van der Waals surface area contributed by atoms with Gasteiger partial charge in [-0.15, -0.1) is 0 Å². The predicted octanol–water partition coefficient (Wildman–Crippen LogP) is 1.02. The normalized spacial score (nSPS) is 26.6. The molecule has 1 aromatic carbocycles. The van der Waals surface area contributed by atoms with Gasteiger partial charge in [0.25, 0.3) is 0 Å². The van der Waals surface area contributed by atoms with Crippen LogP contribution in [0.15, 0.2) is 18.2 Å². The molecule has 2 aliphatic rings. The maximum Gasteiger partial charge on any atom is 0.248 e. The number of nitrogens with zero attached hydrogens (tertiary/aromatic N) is 2. The average molecular weight is 326 g/mol. The lowest BCUT2D eigenvalue weighted by Gasteiger charge is -2.42. The van der Waals surface area contributed by atoms with Crippen LogP contribution in [0, 0.1) is 11.6 Å². The third kappa shape index (κ3) is 3.68. The Labute approximate surface area is 133 Å². The van der Waals surface area contributed by atoms with Gasteiger partial charge in [0, 0.05) is 26.7 Å². The Kier molecular flexibility index (Phi) is 4.61. The molecule has 1 atom stereocenters. The molecule has 0 bridgehead atoms. The zero-order valence-corrected chi connectivity index (χ0v) is 13.1. The molecule has 2 saturated heterocycles. The molecule has 2 fully saturated rings. The first-order chi connectivity index (χ1) is 11.0. The number of likely N-dealkylation sites (N-methyl/N-ethyl adjacent to an activating group) is 1. The summed E-state index contributed by atoms with van der Waals surface area (Å²) in [5.74, 6) is -1.75. The second kappa shape index (κ2) is 6.51. The number of hydrogen-bond donors (Lipinski definition) is 0. The summed E-state index contributed by atoms with van der Waals surface area (Å²) in [4.78, 5) is 15.5. The minimum atomic E-state index is -0.843. The summed E-state index contributed by atoms with van der Waals surface area (Å²) in [6, 6.07) is 3.94. The van der Waals surface area contributed by atoms with E-state index in [2.05, 4.69) is 4.90 Å². The highest BCUT2D eigenvalue weighted by molar-refractivity contribution is 5.77. The van der Waals surface area contributed by atoms with Gasteiger partial charge in [0.05, 0.1) is 19.8 Å². The summed E-state index contributed by atoms with van der Waals surface area (Å²) in [5.41, 5.74) is 0.137. The Morgan fingerprint density at radius 3 is 2.87 bits per heavy atom. The van der Waals surface area contributed by atoms with E-state index in [0.29, 0.717) is 45.0 Å². The summed E-state index contributed by atoms with van der Waals surface area (Å²) < 4.78 is 37.7. The second-order valence-electron chi connectivity index (χ2n) is 6.23. The largest absolute Gasteiger partial charge is 0.369 e. The highest BCUT2D eigenvalue weighted by atomic mass is 19.2. The van der Waals surface area contributed by atoms with Crippen LogP contribution in [-0.2, 0) is 20.8 Å². The minimum Gasteiger partial charge on any atom is -0.369 e. The molecule has 2 aliphatic heterocycles. The smallest absolute Gasteiger partial charge is 0.248 e. The maximum absolute atomic E-state index is 13.3. The van der Waals surface area contributed by atoms with Crippen molar-refractivity contribution in [2.24, 2.45) is 0 Å². The maximum atomic E-state index is 13.3. The number of rotatable bonds is 2. The van der Waals surface area contributed by atoms with Crippen LogP contribution in [0.1, 0.15) is 5.56 Å². The summed E-state index contributed by atoms with van der Waals surface area (Å²) in [6.45, 7) is 3.14. The number of hydrogen-bond acceptors (Lipinski definition) is 4. The van der Waals surface area contributed by atoms with Gasteiger partial charge < -0.3 is 14.4 Å². The first-order valence-electron chi connectivity index (χ1n) is 7.59. The fourth-order valence-electron chi connectivity index (χ4n) is 3.14. The van der Waals surface area contributed by atoms with E-state index >= 15 is 0 Å². The van der Waals surface area contributed by atoms with Gasteiger partial charge in [0.2, 0.25) is 5.91 Å². The van der Waals surface area contributed by atoms with Crippen LogP contribution in [0.25, 0.3) is 0 Å². The first-order valence-corrected chi connectivity index (χ1v) is 7.59. The van der Waals surface area contributed by atoms with Crippen molar-refractivity contribution >= 4 is 5.91 Å². The zero-order valence-electron chi connectivity index (χ0n) is 13.1. The number of halogens is 2. The van der Waals surface area contributed by atoms with Crippen molar-refractivity contribution in [2.75, 3.05) is 46.5 Å². The van der Waals surface area contributed by atoms with Gasteiger partial charge in [-0.1, -0.05) is 6.07 Å². The summed E-state index contributed by atoms with van der Waals surface area (Å²) in [6.07, 6.45) is 0. The fraction of sp³-hybridized carbons (Fsp3) is 0.562. The van der Waals surface area contributed by atoms with Crippen molar-refractivity contribution in [3.8, 4) is 0 Å². The molecule has 0 radical (unpaired) electrons. The SMILES string of the molecule is CN1CC2(COCC1=O)CN(Cc1ccc(F)c(F)c1)CCO2. The standard InChI is InChI=1S/C16H20F2N2O3/c1-19-9-16(11-22-8-15(19)21)10-20(4-5-23-16)7-12-2-3-13(17)14(18)6-12/h2-3,6H,4-5,7-11H2,1H3. The molecule has 2 heterocycles. The van der Waals surface area contributed by atoms with Gasteiger partial charge in [0.1, 0.15) is 12.2 Å². The highest BCUT2D eigenvalue weighted by Crippen LogP contribution is 2.24. The van der Waals surface area contributed by atoms with E-state index in [-0.39, 0.29) is 12.5 Å². The van der Waals surface area contributed by atoms with Crippen molar-refractivity contribution in [1.29, 1.82) is 0 Å². The molecule has 0 aromatic heterocycles. The summed E-state index contributed by atoms with van der Waals surface area (Å²) >= 11 is 0. The van der Waals surface area contributed by atoms with E-state index in [1.165, 1.54) is 6.07 Å². The van der Waals surface area contributed by atoms with Crippen LogP contribution in [0.4, 0.5) is 8.78 Å². The molecule has 126 valence electrons. The molecule has 3 rings (SSSR count). The molecular weight excluding hydrogens is 306 g/mol. The topological polar surface area (TPSA) is 42.0 Å². The number of amides is 1. The lowest BCUT2D eigenvalue weighted by atomic mass is 10.0. The van der Waals surface area contributed by atoms with E-state index in [1.807, 2.05) is 0 Å². The van der Waals surface area contributed by atoms with Crippen molar-refractivity contribution in [2.45, 2.75) is 12.1 Å². The molecule has 0 saturated carbocycles. The Morgan fingerprint density at radius 1 is 1.26 bits per heavy atom. The van der Waals surface area contributed by atoms with Crippen LogP contribution in [0.2, 0.25) is 0 Å². The summed E-state index contributed by atoms with van der Waals surface area (Å²) in [5, 5.41) is 0. The zero-order chi connectivity index (χ0) is 16.4. The van der Waals surface area contributed by atoms with Crippen molar-refractivity contribution in [3.05, 3.63) is 35.4 Å². The lowest BCUT2D eigenvalue weighted by molar-refractivity contribution is -0.143. The number of carbonyl (C=O) groups excluding carboxylic acids is 1. The van der Waals surface area contributed by atoms with E-state index in [1.54, 1.807) is 18.0 Å². The monoisotopic (exact) mass is 326 g/mol. The predicted molar refractivity (Wildman–Crippen MR) is 78.8 cm³/mol. The molecule has 5 nitrogen and oxygen atoms in total. The Balaban J connectivity index is 1.70. The van der Waals surface area contributed by atoms with Gasteiger partial charge in [-0.3, -0.25) is 9.69 Å². The fourth-order valence-corrected chi connectivity index (χ4v) is 3.14. The number of carbonyl (C=O) groups is 1. The van der Waals surface area contributed by atoms with Crippen molar-refractivity contribution in [3.63, 3.8) is 0 Å². The van der Waals surface area contributed by atoms with Crippen LogP contribution in [0.3, 0.4) is 0 Å². The van der Waals surface area contributed by atoms with Gasteiger partial charge in [-0.05, 0) is 17.7 Å². The Morgan fingerprint density at radius 2 is 2.09 bits per heavy atom. The van der Waals surface area contributed by atoms with E-state index in [0.717, 1.165) is 6.07 Å². The third-order valence-electron chi connectivity index (χ3n) is 4.26. The average Bonchev–Trinajstić information content (AvgIpc) is 2.63. The molecule has 23 heavy (non-hydrogen) atoms. The van der Waals surface area contributed by atoms with Gasteiger partial charge in [0.15, 0.2) is 11.6 Å². The van der Waals surface area contributed by atoms with Gasteiger partial charge in [-0.2, -0.15) is 0 Å². The van der Waals surface area contributed by atoms with Crippen molar-refractivity contribution in [1.82, 2.24) is 9.80 Å². The quantitative estimate of drug-likeness (QED) is 0.814. The van der Waals surface area contributed by atoms with Gasteiger partial charge >= 0.3 is 0 Å². The third-order valence-corrected chi connectivity index (χ3v) is 4.26. The van der Waals surface area contributed by atoms with Crippen molar-refractivity contribution < 1.29 is 23.0 Å². The van der Waals surface area contributed by atoms with E-state index in [9.17, 15) is 13.6 Å². The second-order valence-corrected chi connectivity index (χ2v) is 6.23. The Bertz CT molecular complexity index is 599. The summed E-state index contributed by atoms with van der Waals surface area (Å²) in [7, 11) is 1.73. The van der Waals surface area contributed by atoms with Crippen LogP contribution < -0.4 is 0 Å². The molecule has 0 N–H and O–H groups in total. The molecule has 1 amide bonds.